The molecule has 1 unspecified atom stereocenters. The zero-order valence-corrected chi connectivity index (χ0v) is 10.8. The van der Waals surface area contributed by atoms with Crippen molar-refractivity contribution in [2.75, 3.05) is 7.11 Å². The SMILES string of the molecule is COC1=CC(=O)CC(C)(CCC=C(C)C)C1. The first-order chi connectivity index (χ1) is 7.45. The Balaban J connectivity index is 2.61. The summed E-state index contributed by atoms with van der Waals surface area (Å²) in [6.45, 7) is 6.39. The average molecular weight is 222 g/mol. The van der Waals surface area contributed by atoms with Crippen molar-refractivity contribution >= 4 is 5.78 Å². The molecule has 0 spiro atoms. The minimum atomic E-state index is 0.0725. The highest BCUT2D eigenvalue weighted by Gasteiger charge is 2.31. The maximum absolute atomic E-state index is 11.6. The van der Waals surface area contributed by atoms with Crippen LogP contribution in [0.2, 0.25) is 0 Å². The third-order valence-corrected chi connectivity index (χ3v) is 3.09. The number of carbonyl (C=O) groups is 1. The molecule has 0 aromatic heterocycles. The third kappa shape index (κ3) is 3.84. The summed E-state index contributed by atoms with van der Waals surface area (Å²) in [5.74, 6) is 1.03. The highest BCUT2D eigenvalue weighted by atomic mass is 16.5. The van der Waals surface area contributed by atoms with E-state index in [9.17, 15) is 4.79 Å². The maximum Gasteiger partial charge on any atom is 0.159 e. The minimum absolute atomic E-state index is 0.0725. The lowest BCUT2D eigenvalue weighted by Gasteiger charge is -2.32. The Kier molecular flexibility index (Phi) is 4.34. The number of hydrogen-bond acceptors (Lipinski definition) is 2. The van der Waals surface area contributed by atoms with Crippen molar-refractivity contribution in [3.63, 3.8) is 0 Å². The van der Waals surface area contributed by atoms with E-state index in [1.165, 1.54) is 5.57 Å². The Hall–Kier alpha value is -1.05. The molecule has 1 aliphatic rings. The van der Waals surface area contributed by atoms with Crippen molar-refractivity contribution in [3.8, 4) is 0 Å². The lowest BCUT2D eigenvalue weighted by atomic mass is 9.74. The fraction of sp³-hybridized carbons (Fsp3) is 0.643. The largest absolute Gasteiger partial charge is 0.501 e. The maximum atomic E-state index is 11.6. The molecule has 0 N–H and O–H groups in total. The Morgan fingerprint density at radius 2 is 2.19 bits per heavy atom. The van der Waals surface area contributed by atoms with Crippen molar-refractivity contribution in [2.24, 2.45) is 5.41 Å². The summed E-state index contributed by atoms with van der Waals surface area (Å²) in [4.78, 5) is 11.6. The van der Waals surface area contributed by atoms with Crippen LogP contribution < -0.4 is 0 Å². The summed E-state index contributed by atoms with van der Waals surface area (Å²) in [7, 11) is 1.64. The zero-order chi connectivity index (χ0) is 12.2. The highest BCUT2D eigenvalue weighted by Crippen LogP contribution is 2.38. The van der Waals surface area contributed by atoms with E-state index >= 15 is 0 Å². The molecule has 0 saturated heterocycles. The molecule has 1 aliphatic carbocycles. The number of rotatable bonds is 4. The van der Waals surface area contributed by atoms with Gasteiger partial charge in [-0.25, -0.2) is 0 Å². The van der Waals surface area contributed by atoms with Gasteiger partial charge in [0.15, 0.2) is 5.78 Å². The molecule has 1 atom stereocenters. The van der Waals surface area contributed by atoms with E-state index in [0.717, 1.165) is 25.0 Å². The lowest BCUT2D eigenvalue weighted by Crippen LogP contribution is -2.25. The average Bonchev–Trinajstić information content (AvgIpc) is 2.15. The smallest absolute Gasteiger partial charge is 0.159 e. The number of hydrogen-bond donors (Lipinski definition) is 0. The highest BCUT2D eigenvalue weighted by molar-refractivity contribution is 5.91. The van der Waals surface area contributed by atoms with Crippen LogP contribution in [0.25, 0.3) is 0 Å². The van der Waals surface area contributed by atoms with Crippen LogP contribution in [0.3, 0.4) is 0 Å². The molecule has 16 heavy (non-hydrogen) atoms. The molecular formula is C14H22O2. The number of ether oxygens (including phenoxy) is 1. The fourth-order valence-electron chi connectivity index (χ4n) is 2.20. The van der Waals surface area contributed by atoms with Crippen molar-refractivity contribution in [3.05, 3.63) is 23.5 Å². The van der Waals surface area contributed by atoms with Crippen LogP contribution in [0.15, 0.2) is 23.5 Å². The Morgan fingerprint density at radius 1 is 1.50 bits per heavy atom. The van der Waals surface area contributed by atoms with Crippen molar-refractivity contribution < 1.29 is 9.53 Å². The summed E-state index contributed by atoms with van der Waals surface area (Å²) >= 11 is 0. The van der Waals surface area contributed by atoms with Gasteiger partial charge in [-0.15, -0.1) is 0 Å². The van der Waals surface area contributed by atoms with Gasteiger partial charge in [0.2, 0.25) is 0 Å². The van der Waals surface area contributed by atoms with Gasteiger partial charge in [-0.3, -0.25) is 4.79 Å². The van der Waals surface area contributed by atoms with Crippen LogP contribution in [-0.2, 0) is 9.53 Å². The third-order valence-electron chi connectivity index (χ3n) is 3.09. The van der Waals surface area contributed by atoms with Crippen molar-refractivity contribution in [1.29, 1.82) is 0 Å². The molecule has 0 amide bonds. The number of carbonyl (C=O) groups excluding carboxylic acids is 1. The van der Waals surface area contributed by atoms with E-state index < -0.39 is 0 Å². The lowest BCUT2D eigenvalue weighted by molar-refractivity contribution is -0.117. The van der Waals surface area contributed by atoms with Gasteiger partial charge in [0.1, 0.15) is 0 Å². The van der Waals surface area contributed by atoms with Gasteiger partial charge in [0.05, 0.1) is 12.9 Å². The van der Waals surface area contributed by atoms with Gasteiger partial charge in [0.25, 0.3) is 0 Å². The quantitative estimate of drug-likeness (QED) is 0.679. The fourth-order valence-corrected chi connectivity index (χ4v) is 2.20. The summed E-state index contributed by atoms with van der Waals surface area (Å²) in [5.41, 5.74) is 1.41. The van der Waals surface area contributed by atoms with Gasteiger partial charge < -0.3 is 4.74 Å². The van der Waals surface area contributed by atoms with E-state index in [2.05, 4.69) is 26.8 Å². The Bertz CT molecular complexity index is 322. The molecule has 0 bridgehead atoms. The van der Waals surface area contributed by atoms with Gasteiger partial charge in [-0.1, -0.05) is 18.6 Å². The van der Waals surface area contributed by atoms with Gasteiger partial charge in [-0.2, -0.15) is 0 Å². The normalized spacial score (nSPS) is 25.0. The molecular weight excluding hydrogens is 200 g/mol. The van der Waals surface area contributed by atoms with Gasteiger partial charge >= 0.3 is 0 Å². The standard InChI is InChI=1S/C14H22O2/c1-11(2)6-5-7-14(3)9-12(15)8-13(10-14)16-4/h6,8H,5,7,9-10H2,1-4H3. The molecule has 0 heterocycles. The van der Waals surface area contributed by atoms with Crippen molar-refractivity contribution in [1.82, 2.24) is 0 Å². The minimum Gasteiger partial charge on any atom is -0.501 e. The Labute approximate surface area is 98.4 Å². The molecule has 0 radical (unpaired) electrons. The predicted molar refractivity (Wildman–Crippen MR) is 66.1 cm³/mol. The van der Waals surface area contributed by atoms with Gasteiger partial charge in [0, 0.05) is 18.9 Å². The number of allylic oxidation sites excluding steroid dienone is 4. The first kappa shape index (κ1) is 13.0. The molecule has 0 saturated carbocycles. The van der Waals surface area contributed by atoms with Gasteiger partial charge in [-0.05, 0) is 32.1 Å². The second-order valence-electron chi connectivity index (χ2n) is 5.27. The first-order valence-corrected chi connectivity index (χ1v) is 5.86. The van der Waals surface area contributed by atoms with Crippen LogP contribution in [0.1, 0.15) is 46.5 Å². The second-order valence-corrected chi connectivity index (χ2v) is 5.27. The molecule has 1 rings (SSSR count). The van der Waals surface area contributed by atoms with Crippen molar-refractivity contribution in [2.45, 2.75) is 46.5 Å². The summed E-state index contributed by atoms with van der Waals surface area (Å²) in [5, 5.41) is 0. The zero-order valence-electron chi connectivity index (χ0n) is 10.8. The summed E-state index contributed by atoms with van der Waals surface area (Å²) in [6.07, 6.45) is 7.50. The first-order valence-electron chi connectivity index (χ1n) is 5.86. The van der Waals surface area contributed by atoms with E-state index in [4.69, 9.17) is 4.74 Å². The monoisotopic (exact) mass is 222 g/mol. The van der Waals surface area contributed by atoms with Crippen LogP contribution >= 0.6 is 0 Å². The second kappa shape index (κ2) is 5.33. The van der Waals surface area contributed by atoms with Crippen LogP contribution in [0, 0.1) is 5.41 Å². The molecule has 2 nitrogen and oxygen atoms in total. The predicted octanol–water partition coefficient (Wildman–Crippen LogP) is 3.63. The molecule has 90 valence electrons. The molecule has 0 fully saturated rings. The molecule has 0 aliphatic heterocycles. The summed E-state index contributed by atoms with van der Waals surface area (Å²) < 4.78 is 5.21. The van der Waals surface area contributed by atoms with E-state index in [1.54, 1.807) is 13.2 Å². The molecule has 0 aromatic carbocycles. The van der Waals surface area contributed by atoms with E-state index in [1.807, 2.05) is 0 Å². The van der Waals surface area contributed by atoms with E-state index in [-0.39, 0.29) is 11.2 Å². The van der Waals surface area contributed by atoms with Crippen LogP contribution in [-0.4, -0.2) is 12.9 Å². The summed E-state index contributed by atoms with van der Waals surface area (Å²) in [6, 6.07) is 0. The van der Waals surface area contributed by atoms with Crippen LogP contribution in [0.4, 0.5) is 0 Å². The van der Waals surface area contributed by atoms with E-state index in [0.29, 0.717) is 6.42 Å². The number of ketones is 1. The Morgan fingerprint density at radius 3 is 2.75 bits per heavy atom. The molecule has 0 aromatic rings. The molecule has 2 heteroatoms. The van der Waals surface area contributed by atoms with Crippen LogP contribution in [0.5, 0.6) is 0 Å². The number of methoxy groups -OCH3 is 1. The topological polar surface area (TPSA) is 26.3 Å².